The second-order valence-electron chi connectivity index (χ2n) is 4.24. The van der Waals surface area contributed by atoms with Gasteiger partial charge in [-0.25, -0.2) is 4.79 Å². The van der Waals surface area contributed by atoms with Crippen LogP contribution in [0.2, 0.25) is 5.02 Å². The molecule has 0 aliphatic rings. The zero-order valence-corrected chi connectivity index (χ0v) is 13.7. The molecule has 0 aromatic heterocycles. The van der Waals surface area contributed by atoms with Crippen LogP contribution < -0.4 is 11.1 Å². The van der Waals surface area contributed by atoms with E-state index in [0.717, 1.165) is 10.2 Å². The van der Waals surface area contributed by atoms with Crippen molar-refractivity contribution < 1.29 is 9.53 Å². The fourth-order valence-corrected chi connectivity index (χ4v) is 2.32. The number of benzene rings is 2. The summed E-state index contributed by atoms with van der Waals surface area (Å²) in [7, 11) is 0. The molecular formula is C15H14BrClN2O2. The molecule has 0 bridgehead atoms. The van der Waals surface area contributed by atoms with Gasteiger partial charge in [0.15, 0.2) is 0 Å². The highest BCUT2D eigenvalue weighted by Gasteiger charge is 2.14. The number of nitrogens with two attached hydrogens (primary N) is 1. The lowest BCUT2D eigenvalue weighted by Crippen LogP contribution is -2.09. The Morgan fingerprint density at radius 2 is 2.10 bits per heavy atom. The lowest BCUT2D eigenvalue weighted by atomic mass is 10.1. The van der Waals surface area contributed by atoms with Gasteiger partial charge in [0.2, 0.25) is 0 Å². The molecule has 0 spiro atoms. The van der Waals surface area contributed by atoms with E-state index in [4.69, 9.17) is 22.1 Å². The number of esters is 1. The van der Waals surface area contributed by atoms with Crippen LogP contribution in [-0.2, 0) is 4.74 Å². The summed E-state index contributed by atoms with van der Waals surface area (Å²) < 4.78 is 5.82. The number of nitrogen functional groups attached to an aromatic ring is 1. The van der Waals surface area contributed by atoms with Crippen LogP contribution >= 0.6 is 27.5 Å². The lowest BCUT2D eigenvalue weighted by molar-refractivity contribution is 0.0527. The highest BCUT2D eigenvalue weighted by atomic mass is 79.9. The normalized spacial score (nSPS) is 10.2. The van der Waals surface area contributed by atoms with Gasteiger partial charge in [-0.2, -0.15) is 0 Å². The average Bonchev–Trinajstić information content (AvgIpc) is 2.45. The summed E-state index contributed by atoms with van der Waals surface area (Å²) >= 11 is 9.41. The third kappa shape index (κ3) is 3.68. The summed E-state index contributed by atoms with van der Waals surface area (Å²) in [5.41, 5.74) is 8.08. The van der Waals surface area contributed by atoms with Crippen LogP contribution in [0.3, 0.4) is 0 Å². The van der Waals surface area contributed by atoms with Gasteiger partial charge in [0.25, 0.3) is 0 Å². The van der Waals surface area contributed by atoms with Gasteiger partial charge < -0.3 is 15.8 Å². The molecule has 2 aromatic rings. The van der Waals surface area contributed by atoms with Crippen molar-refractivity contribution in [1.82, 2.24) is 0 Å². The van der Waals surface area contributed by atoms with Gasteiger partial charge in [0.1, 0.15) is 0 Å². The van der Waals surface area contributed by atoms with Gasteiger partial charge in [0, 0.05) is 9.50 Å². The van der Waals surface area contributed by atoms with E-state index < -0.39 is 5.97 Å². The predicted molar refractivity (Wildman–Crippen MR) is 89.2 cm³/mol. The van der Waals surface area contributed by atoms with Crippen molar-refractivity contribution >= 4 is 50.6 Å². The number of ether oxygens (including phenoxy) is 1. The Bertz CT molecular complexity index is 677. The molecule has 0 atom stereocenters. The smallest absolute Gasteiger partial charge is 0.340 e. The molecule has 4 nitrogen and oxygen atoms in total. The maximum Gasteiger partial charge on any atom is 0.340 e. The molecular weight excluding hydrogens is 356 g/mol. The minimum atomic E-state index is -0.441. The van der Waals surface area contributed by atoms with Crippen molar-refractivity contribution in [3.8, 4) is 0 Å². The molecule has 2 aromatic carbocycles. The van der Waals surface area contributed by atoms with Crippen molar-refractivity contribution in [2.45, 2.75) is 6.92 Å². The highest BCUT2D eigenvalue weighted by molar-refractivity contribution is 9.10. The Morgan fingerprint density at radius 1 is 1.33 bits per heavy atom. The SMILES string of the molecule is CCOC(=O)c1cccc(Nc2cc(Cl)ccc2Br)c1N. The minimum absolute atomic E-state index is 0.301. The summed E-state index contributed by atoms with van der Waals surface area (Å²) in [6.07, 6.45) is 0. The second kappa shape index (κ2) is 6.83. The molecule has 0 saturated carbocycles. The molecule has 110 valence electrons. The van der Waals surface area contributed by atoms with Crippen LogP contribution in [0.5, 0.6) is 0 Å². The first-order chi connectivity index (χ1) is 10.0. The zero-order chi connectivity index (χ0) is 15.4. The molecule has 0 aliphatic carbocycles. The second-order valence-corrected chi connectivity index (χ2v) is 5.53. The van der Waals surface area contributed by atoms with E-state index in [9.17, 15) is 4.79 Å². The fourth-order valence-electron chi connectivity index (χ4n) is 1.80. The Morgan fingerprint density at radius 3 is 2.81 bits per heavy atom. The lowest BCUT2D eigenvalue weighted by Gasteiger charge is -2.13. The number of nitrogens with one attached hydrogen (secondary N) is 1. The van der Waals surface area contributed by atoms with E-state index in [2.05, 4.69) is 21.2 Å². The maximum atomic E-state index is 11.8. The van der Waals surface area contributed by atoms with Gasteiger partial charge in [-0.15, -0.1) is 0 Å². The van der Waals surface area contributed by atoms with E-state index >= 15 is 0 Å². The number of hydrogen-bond acceptors (Lipinski definition) is 4. The van der Waals surface area contributed by atoms with Gasteiger partial charge in [-0.1, -0.05) is 17.7 Å². The largest absolute Gasteiger partial charge is 0.462 e. The number of rotatable bonds is 4. The summed E-state index contributed by atoms with van der Waals surface area (Å²) in [5.74, 6) is -0.441. The molecule has 0 fully saturated rings. The molecule has 0 unspecified atom stereocenters. The average molecular weight is 370 g/mol. The Kier molecular flexibility index (Phi) is 5.09. The van der Waals surface area contributed by atoms with Crippen LogP contribution in [-0.4, -0.2) is 12.6 Å². The zero-order valence-electron chi connectivity index (χ0n) is 11.3. The van der Waals surface area contributed by atoms with Crippen molar-refractivity contribution in [3.05, 3.63) is 51.5 Å². The quantitative estimate of drug-likeness (QED) is 0.610. The standard InChI is InChI=1S/C15H14BrClN2O2/c1-2-21-15(20)10-4-3-5-12(14(10)18)19-13-8-9(17)6-7-11(13)16/h3-8,19H,2,18H2,1H3. The van der Waals surface area contributed by atoms with Gasteiger partial charge >= 0.3 is 5.97 Å². The first-order valence-corrected chi connectivity index (χ1v) is 7.47. The third-order valence-corrected chi connectivity index (χ3v) is 3.73. The van der Waals surface area contributed by atoms with Crippen molar-refractivity contribution in [2.75, 3.05) is 17.7 Å². The highest BCUT2D eigenvalue weighted by Crippen LogP contribution is 2.32. The van der Waals surface area contributed by atoms with E-state index in [1.54, 1.807) is 37.3 Å². The molecule has 3 N–H and O–H groups in total. The molecule has 0 amide bonds. The number of carbonyl (C=O) groups is 1. The molecule has 0 saturated heterocycles. The maximum absolute atomic E-state index is 11.8. The van der Waals surface area contributed by atoms with Gasteiger partial charge in [-0.05, 0) is 53.2 Å². The van der Waals surface area contributed by atoms with E-state index in [0.29, 0.717) is 28.6 Å². The Hall–Kier alpha value is -1.72. The first-order valence-electron chi connectivity index (χ1n) is 6.30. The third-order valence-electron chi connectivity index (χ3n) is 2.80. The summed E-state index contributed by atoms with van der Waals surface area (Å²) in [4.78, 5) is 11.8. The topological polar surface area (TPSA) is 64.3 Å². The summed E-state index contributed by atoms with van der Waals surface area (Å²) in [6, 6.07) is 10.5. The number of hydrogen-bond donors (Lipinski definition) is 2. The van der Waals surface area contributed by atoms with E-state index in [-0.39, 0.29) is 0 Å². The van der Waals surface area contributed by atoms with Crippen LogP contribution in [0.1, 0.15) is 17.3 Å². The Balaban J connectivity index is 2.35. The molecule has 2 rings (SSSR count). The summed E-state index contributed by atoms with van der Waals surface area (Å²) in [5, 5.41) is 3.75. The molecule has 6 heteroatoms. The number of carbonyl (C=O) groups excluding carboxylic acids is 1. The van der Waals surface area contributed by atoms with Crippen LogP contribution in [0.25, 0.3) is 0 Å². The van der Waals surface area contributed by atoms with Crippen LogP contribution in [0, 0.1) is 0 Å². The first kappa shape index (κ1) is 15.7. The fraction of sp³-hybridized carbons (Fsp3) is 0.133. The molecule has 21 heavy (non-hydrogen) atoms. The van der Waals surface area contributed by atoms with Crippen molar-refractivity contribution in [1.29, 1.82) is 0 Å². The summed E-state index contributed by atoms with van der Waals surface area (Å²) in [6.45, 7) is 2.05. The molecule has 0 aliphatic heterocycles. The van der Waals surface area contributed by atoms with Gasteiger partial charge in [-0.3, -0.25) is 0 Å². The van der Waals surface area contributed by atoms with Crippen LogP contribution in [0.4, 0.5) is 17.1 Å². The molecule has 0 heterocycles. The molecule has 0 radical (unpaired) electrons. The van der Waals surface area contributed by atoms with Crippen molar-refractivity contribution in [2.24, 2.45) is 0 Å². The number of halogens is 2. The number of anilines is 3. The van der Waals surface area contributed by atoms with Gasteiger partial charge in [0.05, 0.1) is 29.2 Å². The predicted octanol–water partition coefficient (Wildman–Crippen LogP) is 4.61. The van der Waals surface area contributed by atoms with Crippen LogP contribution in [0.15, 0.2) is 40.9 Å². The Labute approximate surface area is 136 Å². The van der Waals surface area contributed by atoms with E-state index in [1.165, 1.54) is 0 Å². The minimum Gasteiger partial charge on any atom is -0.462 e. The number of para-hydroxylation sites is 1. The van der Waals surface area contributed by atoms with Crippen molar-refractivity contribution in [3.63, 3.8) is 0 Å². The van der Waals surface area contributed by atoms with E-state index in [1.807, 2.05) is 6.07 Å². The monoisotopic (exact) mass is 368 g/mol.